The van der Waals surface area contributed by atoms with Gasteiger partial charge in [-0.2, -0.15) is 0 Å². The number of carbonyl (C=O) groups is 1. The Balaban J connectivity index is 3.75. The molecule has 0 radical (unpaired) electrons. The Morgan fingerprint density at radius 1 is 1.18 bits per heavy atom. The van der Waals surface area contributed by atoms with E-state index in [0.717, 1.165) is 12.8 Å². The molecule has 3 heteroatoms. The highest BCUT2D eigenvalue weighted by atomic mass is 16.4. The van der Waals surface area contributed by atoms with Crippen molar-refractivity contribution in [3.05, 3.63) is 0 Å². The summed E-state index contributed by atoms with van der Waals surface area (Å²) in [7, 11) is 3.68. The standard InChI is InChI=1S/C14H29NO2/c1-5-6-7-8-9-10-12(2)11-13(14(16)17)15(3)4/h12-13H,5-11H2,1-4H3,(H,16,17). The van der Waals surface area contributed by atoms with Crippen LogP contribution in [0, 0.1) is 5.92 Å². The lowest BCUT2D eigenvalue weighted by atomic mass is 9.95. The quantitative estimate of drug-likeness (QED) is 0.598. The monoisotopic (exact) mass is 243 g/mol. The average Bonchev–Trinajstić information content (AvgIpc) is 2.24. The third-order valence-corrected chi connectivity index (χ3v) is 3.33. The lowest BCUT2D eigenvalue weighted by Gasteiger charge is -2.23. The molecule has 0 aliphatic heterocycles. The molecule has 17 heavy (non-hydrogen) atoms. The summed E-state index contributed by atoms with van der Waals surface area (Å²) in [5.41, 5.74) is 0. The van der Waals surface area contributed by atoms with Crippen molar-refractivity contribution in [1.82, 2.24) is 4.90 Å². The first-order chi connectivity index (χ1) is 7.99. The predicted molar refractivity (Wildman–Crippen MR) is 72.3 cm³/mol. The van der Waals surface area contributed by atoms with Gasteiger partial charge in [0, 0.05) is 0 Å². The fraction of sp³-hybridized carbons (Fsp3) is 0.929. The molecule has 0 saturated heterocycles. The predicted octanol–water partition coefficient (Wildman–Crippen LogP) is 3.39. The van der Waals surface area contributed by atoms with E-state index in [1.807, 2.05) is 14.1 Å². The largest absolute Gasteiger partial charge is 0.480 e. The van der Waals surface area contributed by atoms with Crippen molar-refractivity contribution >= 4 is 5.97 Å². The van der Waals surface area contributed by atoms with E-state index in [-0.39, 0.29) is 6.04 Å². The third-order valence-electron chi connectivity index (χ3n) is 3.33. The van der Waals surface area contributed by atoms with Crippen LogP contribution in [0.5, 0.6) is 0 Å². The summed E-state index contributed by atoms with van der Waals surface area (Å²) >= 11 is 0. The highest BCUT2D eigenvalue weighted by Crippen LogP contribution is 2.17. The van der Waals surface area contributed by atoms with Gasteiger partial charge in [0.1, 0.15) is 6.04 Å². The molecule has 0 amide bonds. The van der Waals surface area contributed by atoms with Gasteiger partial charge in [-0.1, -0.05) is 52.4 Å². The number of hydrogen-bond acceptors (Lipinski definition) is 2. The summed E-state index contributed by atoms with van der Waals surface area (Å²) in [6, 6.07) is -0.333. The SMILES string of the molecule is CCCCCCCC(C)CC(C(=O)O)N(C)C. The van der Waals surface area contributed by atoms with Crippen molar-refractivity contribution in [2.24, 2.45) is 5.92 Å². The van der Waals surface area contributed by atoms with Crippen LogP contribution in [-0.2, 0) is 4.79 Å². The van der Waals surface area contributed by atoms with E-state index in [1.54, 1.807) is 4.90 Å². The van der Waals surface area contributed by atoms with Crippen molar-refractivity contribution in [1.29, 1.82) is 0 Å². The second kappa shape index (κ2) is 9.46. The molecule has 0 rings (SSSR count). The second-order valence-corrected chi connectivity index (χ2v) is 5.36. The molecular formula is C14H29NO2. The Labute approximate surface area is 106 Å². The summed E-state index contributed by atoms with van der Waals surface area (Å²) < 4.78 is 0. The van der Waals surface area contributed by atoms with Gasteiger partial charge in [0.15, 0.2) is 0 Å². The molecule has 0 aromatic heterocycles. The van der Waals surface area contributed by atoms with Crippen molar-refractivity contribution in [3.63, 3.8) is 0 Å². The molecule has 0 aliphatic carbocycles. The van der Waals surface area contributed by atoms with E-state index in [9.17, 15) is 4.79 Å². The summed E-state index contributed by atoms with van der Waals surface area (Å²) in [5, 5.41) is 9.09. The van der Waals surface area contributed by atoms with Crippen LogP contribution < -0.4 is 0 Å². The maximum absolute atomic E-state index is 11.0. The van der Waals surface area contributed by atoms with Crippen LogP contribution in [0.4, 0.5) is 0 Å². The van der Waals surface area contributed by atoms with Crippen molar-refractivity contribution in [2.45, 2.75) is 64.8 Å². The van der Waals surface area contributed by atoms with Crippen LogP contribution in [0.3, 0.4) is 0 Å². The zero-order valence-electron chi connectivity index (χ0n) is 11.9. The van der Waals surface area contributed by atoms with Crippen LogP contribution in [0.1, 0.15) is 58.8 Å². The van der Waals surface area contributed by atoms with Gasteiger partial charge in [0.25, 0.3) is 0 Å². The van der Waals surface area contributed by atoms with E-state index in [2.05, 4.69) is 13.8 Å². The molecule has 102 valence electrons. The van der Waals surface area contributed by atoms with Gasteiger partial charge in [-0.3, -0.25) is 9.69 Å². The maximum atomic E-state index is 11.0. The lowest BCUT2D eigenvalue weighted by molar-refractivity contribution is -0.142. The van der Waals surface area contributed by atoms with Crippen molar-refractivity contribution in [3.8, 4) is 0 Å². The summed E-state index contributed by atoms with van der Waals surface area (Å²) in [4.78, 5) is 12.9. The molecule has 3 nitrogen and oxygen atoms in total. The topological polar surface area (TPSA) is 40.5 Å². The maximum Gasteiger partial charge on any atom is 0.320 e. The van der Waals surface area contributed by atoms with E-state index in [1.165, 1.54) is 32.1 Å². The van der Waals surface area contributed by atoms with Crippen LogP contribution in [0.15, 0.2) is 0 Å². The van der Waals surface area contributed by atoms with Gasteiger partial charge in [0.05, 0.1) is 0 Å². The fourth-order valence-electron chi connectivity index (χ4n) is 2.13. The van der Waals surface area contributed by atoms with Gasteiger partial charge in [-0.25, -0.2) is 0 Å². The molecular weight excluding hydrogens is 214 g/mol. The number of hydrogen-bond donors (Lipinski definition) is 1. The number of aliphatic carboxylic acids is 1. The van der Waals surface area contributed by atoms with Gasteiger partial charge in [0.2, 0.25) is 0 Å². The normalized spacial score (nSPS) is 14.9. The van der Waals surface area contributed by atoms with Crippen molar-refractivity contribution < 1.29 is 9.90 Å². The van der Waals surface area contributed by atoms with E-state index in [4.69, 9.17) is 5.11 Å². The minimum atomic E-state index is -0.701. The van der Waals surface area contributed by atoms with Gasteiger partial charge >= 0.3 is 5.97 Å². The third kappa shape index (κ3) is 8.19. The zero-order valence-corrected chi connectivity index (χ0v) is 11.9. The number of unbranched alkanes of at least 4 members (excludes halogenated alkanes) is 4. The Kier molecular flexibility index (Phi) is 9.14. The Hall–Kier alpha value is -0.570. The molecule has 0 fully saturated rings. The summed E-state index contributed by atoms with van der Waals surface area (Å²) in [6.45, 7) is 4.39. The molecule has 2 unspecified atom stereocenters. The van der Waals surface area contributed by atoms with Crippen LogP contribution in [0.2, 0.25) is 0 Å². The molecule has 0 aromatic carbocycles. The number of carboxylic acids is 1. The molecule has 0 heterocycles. The van der Waals surface area contributed by atoms with Crippen LogP contribution >= 0.6 is 0 Å². The molecule has 1 N–H and O–H groups in total. The minimum absolute atomic E-state index is 0.333. The average molecular weight is 243 g/mol. The molecule has 2 atom stereocenters. The van der Waals surface area contributed by atoms with E-state index < -0.39 is 5.97 Å². The number of rotatable bonds is 10. The molecule has 0 aromatic rings. The molecule has 0 bridgehead atoms. The first-order valence-corrected chi connectivity index (χ1v) is 6.88. The van der Waals surface area contributed by atoms with E-state index >= 15 is 0 Å². The fourth-order valence-corrected chi connectivity index (χ4v) is 2.13. The van der Waals surface area contributed by atoms with Gasteiger partial charge in [-0.15, -0.1) is 0 Å². The highest BCUT2D eigenvalue weighted by molar-refractivity contribution is 5.73. The summed E-state index contributed by atoms with van der Waals surface area (Å²) in [5.74, 6) is -0.201. The zero-order chi connectivity index (χ0) is 13.3. The Morgan fingerprint density at radius 2 is 1.76 bits per heavy atom. The lowest BCUT2D eigenvalue weighted by Crippen LogP contribution is -2.37. The first-order valence-electron chi connectivity index (χ1n) is 6.88. The van der Waals surface area contributed by atoms with E-state index in [0.29, 0.717) is 5.92 Å². The first kappa shape index (κ1) is 16.4. The molecule has 0 saturated carbocycles. The number of likely N-dealkylation sites (N-methyl/N-ethyl adjacent to an activating group) is 1. The molecule has 0 aliphatic rings. The second-order valence-electron chi connectivity index (χ2n) is 5.36. The van der Waals surface area contributed by atoms with Crippen molar-refractivity contribution in [2.75, 3.05) is 14.1 Å². The minimum Gasteiger partial charge on any atom is -0.480 e. The summed E-state index contributed by atoms with van der Waals surface area (Å²) in [6.07, 6.45) is 8.36. The number of nitrogens with zero attached hydrogens (tertiary/aromatic N) is 1. The Bertz CT molecular complexity index is 204. The Morgan fingerprint density at radius 3 is 2.24 bits per heavy atom. The molecule has 0 spiro atoms. The highest BCUT2D eigenvalue weighted by Gasteiger charge is 2.21. The van der Waals surface area contributed by atoms with Gasteiger partial charge < -0.3 is 5.11 Å². The van der Waals surface area contributed by atoms with Crippen LogP contribution in [-0.4, -0.2) is 36.1 Å². The smallest absolute Gasteiger partial charge is 0.320 e. The van der Waals surface area contributed by atoms with Gasteiger partial charge in [-0.05, 0) is 26.4 Å². The van der Waals surface area contributed by atoms with Crippen LogP contribution in [0.25, 0.3) is 0 Å². The number of carboxylic acid groups (broad SMARTS) is 1.